The monoisotopic (exact) mass is 370 g/mol. The van der Waals surface area contributed by atoms with Gasteiger partial charge < -0.3 is 16.0 Å². The molecule has 1 atom stereocenters. The number of nitrogens with one attached hydrogen (secondary N) is 2. The van der Waals surface area contributed by atoms with E-state index in [0.29, 0.717) is 5.92 Å². The molecule has 1 saturated carbocycles. The molecule has 1 aliphatic carbocycles. The van der Waals surface area contributed by atoms with Gasteiger partial charge in [0.05, 0.1) is 11.4 Å². The van der Waals surface area contributed by atoms with Crippen molar-refractivity contribution in [3.05, 3.63) is 24.7 Å². The Morgan fingerprint density at radius 1 is 1.35 bits per heavy atom. The van der Waals surface area contributed by atoms with E-state index in [1.54, 1.807) is 6.20 Å². The molecule has 4 N–H and O–H groups in total. The fraction of sp³-hybridized carbons (Fsp3) is 0.444. The van der Waals surface area contributed by atoms with E-state index in [2.05, 4.69) is 31.6 Å². The number of rotatable bonds is 4. The third kappa shape index (κ3) is 3.34. The minimum Gasteiger partial charge on any atom is -0.337 e. The summed E-state index contributed by atoms with van der Waals surface area (Å²) in [6.07, 6.45) is 7.07. The third-order valence-corrected chi connectivity index (χ3v) is 5.97. The lowest BCUT2D eigenvalue weighted by atomic mass is 9.79. The molecule has 3 aromatic heterocycles. The van der Waals surface area contributed by atoms with Crippen LogP contribution >= 0.6 is 11.5 Å². The van der Waals surface area contributed by atoms with E-state index in [9.17, 15) is 4.79 Å². The third-order valence-electron chi connectivity index (χ3n) is 5.27. The lowest BCUT2D eigenvalue weighted by Gasteiger charge is -2.30. The van der Waals surface area contributed by atoms with Gasteiger partial charge in [0.25, 0.3) is 0 Å². The van der Waals surface area contributed by atoms with Crippen molar-refractivity contribution >= 4 is 34.2 Å². The van der Waals surface area contributed by atoms with Crippen molar-refractivity contribution in [3.63, 3.8) is 0 Å². The van der Waals surface area contributed by atoms with Crippen LogP contribution in [0.5, 0.6) is 0 Å². The summed E-state index contributed by atoms with van der Waals surface area (Å²) in [6, 6.07) is 4.01. The van der Waals surface area contributed by atoms with Crippen molar-refractivity contribution in [2.75, 3.05) is 5.32 Å². The van der Waals surface area contributed by atoms with Gasteiger partial charge in [-0.2, -0.15) is 4.37 Å². The Labute approximate surface area is 155 Å². The summed E-state index contributed by atoms with van der Waals surface area (Å²) in [4.78, 5) is 24.5. The number of H-pyrrole nitrogens is 1. The Morgan fingerprint density at radius 3 is 2.85 bits per heavy atom. The lowest BCUT2D eigenvalue weighted by molar-refractivity contribution is -0.121. The van der Waals surface area contributed by atoms with E-state index in [1.165, 1.54) is 17.9 Å². The molecule has 0 bridgehead atoms. The molecule has 3 aromatic rings. The Bertz CT molecular complexity index is 896. The van der Waals surface area contributed by atoms with Gasteiger partial charge in [-0.05, 0) is 62.2 Å². The number of hydrogen-bond donors (Lipinski definition) is 3. The Hall–Kier alpha value is -2.32. The van der Waals surface area contributed by atoms with E-state index in [1.807, 2.05) is 12.1 Å². The maximum atomic E-state index is 12.7. The zero-order chi connectivity index (χ0) is 18.1. The predicted molar refractivity (Wildman–Crippen MR) is 103 cm³/mol. The van der Waals surface area contributed by atoms with Crippen molar-refractivity contribution in [3.8, 4) is 10.7 Å². The maximum absolute atomic E-state index is 12.7. The van der Waals surface area contributed by atoms with Crippen LogP contribution in [0.3, 0.4) is 0 Å². The number of aromatic nitrogens is 4. The topological polar surface area (TPSA) is 110 Å². The van der Waals surface area contributed by atoms with Crippen LogP contribution in [-0.2, 0) is 4.79 Å². The first-order valence-electron chi connectivity index (χ1n) is 8.93. The van der Waals surface area contributed by atoms with Crippen LogP contribution in [0.15, 0.2) is 24.7 Å². The van der Waals surface area contributed by atoms with E-state index in [-0.39, 0.29) is 17.9 Å². The molecular weight excluding hydrogens is 348 g/mol. The molecule has 1 fully saturated rings. The highest BCUT2D eigenvalue weighted by atomic mass is 32.1. The first-order valence-corrected chi connectivity index (χ1v) is 9.70. The number of carbonyl (C=O) groups excluding carboxylic acids is 1. The van der Waals surface area contributed by atoms with Crippen molar-refractivity contribution < 1.29 is 4.79 Å². The number of nitrogens with two attached hydrogens (primary N) is 1. The van der Waals surface area contributed by atoms with Gasteiger partial charge in [0.2, 0.25) is 5.91 Å². The predicted octanol–water partition coefficient (Wildman–Crippen LogP) is 3.17. The van der Waals surface area contributed by atoms with E-state index in [0.717, 1.165) is 53.1 Å². The van der Waals surface area contributed by atoms with Crippen LogP contribution in [0.4, 0.5) is 5.69 Å². The standard InChI is InChI=1S/C18H22N6OS/c1-10(19)11-2-4-12(5-3-11)17(25)24-14-6-7-20-16-13(14)8-15(23-16)18-21-9-22-26-18/h6-12H,2-5,19H2,1H3,(H2,20,23,24,25)/t10?,11-,12-. The maximum Gasteiger partial charge on any atom is 0.227 e. The number of pyridine rings is 1. The zero-order valence-electron chi connectivity index (χ0n) is 14.6. The van der Waals surface area contributed by atoms with E-state index >= 15 is 0 Å². The molecule has 1 unspecified atom stereocenters. The molecule has 0 aliphatic heterocycles. The smallest absolute Gasteiger partial charge is 0.227 e. The van der Waals surface area contributed by atoms with Crippen LogP contribution in [0.25, 0.3) is 21.7 Å². The summed E-state index contributed by atoms with van der Waals surface area (Å²) in [6.45, 7) is 2.06. The molecule has 0 aromatic carbocycles. The van der Waals surface area contributed by atoms with Gasteiger partial charge in [-0.15, -0.1) is 0 Å². The summed E-state index contributed by atoms with van der Waals surface area (Å²) < 4.78 is 4.03. The fourth-order valence-electron chi connectivity index (χ4n) is 3.68. The van der Waals surface area contributed by atoms with Crippen molar-refractivity contribution in [2.45, 2.75) is 38.6 Å². The Balaban J connectivity index is 1.51. The first-order chi connectivity index (χ1) is 12.6. The number of hydrogen-bond acceptors (Lipinski definition) is 6. The average Bonchev–Trinajstić information content (AvgIpc) is 3.31. The van der Waals surface area contributed by atoms with Crippen LogP contribution in [-0.4, -0.2) is 31.3 Å². The minimum absolute atomic E-state index is 0.0507. The molecule has 3 heterocycles. The summed E-state index contributed by atoms with van der Waals surface area (Å²) >= 11 is 1.32. The molecule has 1 aliphatic rings. The van der Waals surface area contributed by atoms with Gasteiger partial charge in [-0.1, -0.05) is 0 Å². The molecule has 7 nitrogen and oxygen atoms in total. The van der Waals surface area contributed by atoms with Gasteiger partial charge >= 0.3 is 0 Å². The van der Waals surface area contributed by atoms with Gasteiger partial charge in [-0.3, -0.25) is 4.79 Å². The van der Waals surface area contributed by atoms with Crippen LogP contribution in [0, 0.1) is 11.8 Å². The van der Waals surface area contributed by atoms with Gasteiger partial charge in [-0.25, -0.2) is 9.97 Å². The van der Waals surface area contributed by atoms with Gasteiger partial charge in [0.1, 0.15) is 12.0 Å². The van der Waals surface area contributed by atoms with Crippen LogP contribution in [0.2, 0.25) is 0 Å². The normalized spacial score (nSPS) is 21.6. The fourth-order valence-corrected chi connectivity index (χ4v) is 4.18. The molecule has 4 rings (SSSR count). The number of fused-ring (bicyclic) bond motifs is 1. The number of amides is 1. The highest BCUT2D eigenvalue weighted by Gasteiger charge is 2.28. The van der Waals surface area contributed by atoms with Crippen molar-refractivity contribution in [2.24, 2.45) is 17.6 Å². The molecule has 0 saturated heterocycles. The highest BCUT2D eigenvalue weighted by molar-refractivity contribution is 7.09. The molecule has 0 spiro atoms. The average molecular weight is 370 g/mol. The summed E-state index contributed by atoms with van der Waals surface area (Å²) in [5, 5.41) is 4.78. The van der Waals surface area contributed by atoms with Crippen LogP contribution in [0.1, 0.15) is 32.6 Å². The Morgan fingerprint density at radius 2 is 2.15 bits per heavy atom. The molecule has 8 heteroatoms. The molecule has 136 valence electrons. The lowest BCUT2D eigenvalue weighted by Crippen LogP contribution is -2.33. The van der Waals surface area contributed by atoms with Crippen molar-refractivity contribution in [1.29, 1.82) is 0 Å². The number of anilines is 1. The zero-order valence-corrected chi connectivity index (χ0v) is 15.4. The molecule has 26 heavy (non-hydrogen) atoms. The number of aromatic amines is 1. The quantitative estimate of drug-likeness (QED) is 0.653. The van der Waals surface area contributed by atoms with E-state index < -0.39 is 0 Å². The summed E-state index contributed by atoms with van der Waals surface area (Å²) in [5.74, 6) is 0.667. The molecule has 1 amide bonds. The molecule has 0 radical (unpaired) electrons. The number of carbonyl (C=O) groups is 1. The van der Waals surface area contributed by atoms with Crippen LogP contribution < -0.4 is 11.1 Å². The SMILES string of the molecule is CC(N)[C@H]1CC[C@H](C(=O)Nc2ccnc3[nH]c(-c4ncns4)cc23)CC1. The largest absolute Gasteiger partial charge is 0.337 e. The molecular formula is C18H22N6OS. The first kappa shape index (κ1) is 17.1. The second-order valence-corrected chi connectivity index (χ2v) is 7.79. The minimum atomic E-state index is 0.0507. The highest BCUT2D eigenvalue weighted by Crippen LogP contribution is 2.32. The van der Waals surface area contributed by atoms with Crippen molar-refractivity contribution in [1.82, 2.24) is 19.3 Å². The number of nitrogens with zero attached hydrogens (tertiary/aromatic N) is 3. The van der Waals surface area contributed by atoms with Gasteiger partial charge in [0.15, 0.2) is 5.01 Å². The second kappa shape index (κ2) is 7.13. The summed E-state index contributed by atoms with van der Waals surface area (Å²) in [7, 11) is 0. The van der Waals surface area contributed by atoms with E-state index in [4.69, 9.17) is 5.73 Å². The second-order valence-electron chi connectivity index (χ2n) is 7.01. The summed E-state index contributed by atoms with van der Waals surface area (Å²) in [5.41, 5.74) is 8.36. The Kier molecular flexibility index (Phi) is 4.69. The van der Waals surface area contributed by atoms with Gasteiger partial charge in [0, 0.05) is 23.5 Å².